The zero-order chi connectivity index (χ0) is 41.6. The largest absolute Gasteiger partial charge is 0.394 e. The van der Waals surface area contributed by atoms with Gasteiger partial charge in [0.1, 0.15) is 24.4 Å². The molecule has 1 aliphatic heterocycles. The Kier molecular flexibility index (Phi) is 36.6. The number of aliphatic hydroxyl groups excluding tert-OH is 5. The lowest BCUT2D eigenvalue weighted by Crippen LogP contribution is -2.60. The molecule has 6 N–H and O–H groups in total. The van der Waals surface area contributed by atoms with Crippen LogP contribution in [-0.2, 0) is 14.3 Å². The van der Waals surface area contributed by atoms with Gasteiger partial charge in [-0.1, -0.05) is 192 Å². The van der Waals surface area contributed by atoms with E-state index in [4.69, 9.17) is 9.47 Å². The van der Waals surface area contributed by atoms with E-state index in [1.165, 1.54) is 161 Å². The minimum Gasteiger partial charge on any atom is -0.394 e. The topological polar surface area (TPSA) is 149 Å². The molecule has 0 aliphatic carbocycles. The standard InChI is InChI=1S/C48H91NO8/c1-3-5-7-9-11-13-15-17-18-19-20-21-22-23-24-26-28-30-32-34-36-38-44(52)49-41(40-56-48-47(55)46(54)45(53)43(39-50)57-48)42(51)37-35-33-31-29-27-25-16-14-12-10-8-6-4-2/h17-18,35,37,41-43,45-48,50-51,53-55H,3-16,19-34,36,38-40H2,1-2H3,(H,49,52)/b18-17-,37-35-/t41?,42?,43-,45+,46+,47-,48-/m1/s1. The number of nitrogens with one attached hydrogen (secondary N) is 1. The minimum atomic E-state index is -1.56. The summed E-state index contributed by atoms with van der Waals surface area (Å²) < 4.78 is 11.2. The third kappa shape index (κ3) is 29.5. The summed E-state index contributed by atoms with van der Waals surface area (Å²) in [5.74, 6) is -0.177. The first kappa shape index (κ1) is 53.7. The highest BCUT2D eigenvalue weighted by atomic mass is 16.7. The second-order valence-corrected chi connectivity index (χ2v) is 16.9. The predicted octanol–water partition coefficient (Wildman–Crippen LogP) is 10.3. The predicted molar refractivity (Wildman–Crippen MR) is 235 cm³/mol. The molecule has 336 valence electrons. The van der Waals surface area contributed by atoms with Crippen molar-refractivity contribution < 1.29 is 39.8 Å². The molecule has 7 atom stereocenters. The molecule has 57 heavy (non-hydrogen) atoms. The Morgan fingerprint density at radius 2 is 0.982 bits per heavy atom. The molecule has 1 fully saturated rings. The number of carbonyl (C=O) groups is 1. The van der Waals surface area contributed by atoms with Crippen LogP contribution in [0, 0.1) is 0 Å². The van der Waals surface area contributed by atoms with Crippen LogP contribution in [0.15, 0.2) is 24.3 Å². The summed E-state index contributed by atoms with van der Waals surface area (Å²) >= 11 is 0. The van der Waals surface area contributed by atoms with Gasteiger partial charge in [0.25, 0.3) is 0 Å². The van der Waals surface area contributed by atoms with Crippen LogP contribution >= 0.6 is 0 Å². The first-order valence-corrected chi connectivity index (χ1v) is 24.1. The molecular formula is C48H91NO8. The number of amides is 1. The molecule has 9 heteroatoms. The Morgan fingerprint density at radius 3 is 1.42 bits per heavy atom. The van der Waals surface area contributed by atoms with Gasteiger partial charge in [0.05, 0.1) is 25.4 Å². The summed E-state index contributed by atoms with van der Waals surface area (Å²) in [6, 6.07) is -0.801. The molecule has 1 aliphatic rings. The molecule has 0 bridgehead atoms. The molecule has 0 aromatic heterocycles. The Labute approximate surface area is 349 Å². The number of hydrogen-bond acceptors (Lipinski definition) is 8. The summed E-state index contributed by atoms with van der Waals surface area (Å²) in [4.78, 5) is 13.0. The van der Waals surface area contributed by atoms with E-state index in [-0.39, 0.29) is 12.5 Å². The lowest BCUT2D eigenvalue weighted by Gasteiger charge is -2.40. The van der Waals surface area contributed by atoms with Gasteiger partial charge < -0.3 is 40.3 Å². The van der Waals surface area contributed by atoms with Crippen LogP contribution in [0.4, 0.5) is 0 Å². The third-order valence-corrected chi connectivity index (χ3v) is 11.5. The monoisotopic (exact) mass is 810 g/mol. The van der Waals surface area contributed by atoms with Gasteiger partial charge in [-0.25, -0.2) is 0 Å². The van der Waals surface area contributed by atoms with E-state index in [0.29, 0.717) is 6.42 Å². The van der Waals surface area contributed by atoms with Crippen molar-refractivity contribution in [2.45, 2.75) is 262 Å². The van der Waals surface area contributed by atoms with E-state index < -0.39 is 49.5 Å². The Bertz CT molecular complexity index is 945. The van der Waals surface area contributed by atoms with Crippen LogP contribution in [0.25, 0.3) is 0 Å². The van der Waals surface area contributed by atoms with Gasteiger partial charge in [-0.3, -0.25) is 4.79 Å². The first-order chi connectivity index (χ1) is 27.8. The summed E-state index contributed by atoms with van der Waals surface area (Å²) in [6.07, 6.45) is 39.3. The summed E-state index contributed by atoms with van der Waals surface area (Å²) in [6.45, 7) is 3.77. The maximum absolute atomic E-state index is 13.0. The van der Waals surface area contributed by atoms with Crippen molar-refractivity contribution in [1.82, 2.24) is 5.32 Å². The second-order valence-electron chi connectivity index (χ2n) is 16.9. The van der Waals surface area contributed by atoms with Crippen molar-refractivity contribution >= 4 is 5.91 Å². The molecule has 0 radical (unpaired) electrons. The average molecular weight is 810 g/mol. The summed E-state index contributed by atoms with van der Waals surface area (Å²) in [5.41, 5.74) is 0. The normalized spacial score (nSPS) is 21.1. The number of ether oxygens (including phenoxy) is 2. The van der Waals surface area contributed by atoms with Crippen LogP contribution in [-0.4, -0.2) is 87.5 Å². The fourth-order valence-electron chi connectivity index (χ4n) is 7.62. The van der Waals surface area contributed by atoms with E-state index >= 15 is 0 Å². The molecule has 1 heterocycles. The molecule has 1 rings (SSSR count). The third-order valence-electron chi connectivity index (χ3n) is 11.5. The highest BCUT2D eigenvalue weighted by Crippen LogP contribution is 2.23. The number of unbranched alkanes of at least 4 members (excludes halogenated alkanes) is 28. The zero-order valence-corrected chi connectivity index (χ0v) is 36.9. The molecular weight excluding hydrogens is 719 g/mol. The Morgan fingerprint density at radius 1 is 0.579 bits per heavy atom. The number of carbonyl (C=O) groups excluding carboxylic acids is 1. The number of hydrogen-bond donors (Lipinski definition) is 6. The van der Waals surface area contributed by atoms with Crippen molar-refractivity contribution in [2.24, 2.45) is 0 Å². The Balaban J connectivity index is 2.29. The maximum Gasteiger partial charge on any atom is 0.220 e. The van der Waals surface area contributed by atoms with Gasteiger partial charge in [0.15, 0.2) is 6.29 Å². The Hall–Kier alpha value is -1.33. The fourth-order valence-corrected chi connectivity index (χ4v) is 7.62. The van der Waals surface area contributed by atoms with Gasteiger partial charge in [0.2, 0.25) is 5.91 Å². The molecule has 0 spiro atoms. The van der Waals surface area contributed by atoms with Gasteiger partial charge in [-0.15, -0.1) is 0 Å². The highest BCUT2D eigenvalue weighted by molar-refractivity contribution is 5.76. The molecule has 0 saturated carbocycles. The van der Waals surface area contributed by atoms with Crippen LogP contribution < -0.4 is 5.32 Å². The molecule has 1 amide bonds. The number of allylic oxidation sites excluding steroid dienone is 3. The maximum atomic E-state index is 13.0. The minimum absolute atomic E-state index is 0.177. The lowest BCUT2D eigenvalue weighted by molar-refractivity contribution is -0.302. The first-order valence-electron chi connectivity index (χ1n) is 24.1. The quantitative estimate of drug-likeness (QED) is 0.0265. The van der Waals surface area contributed by atoms with E-state index in [0.717, 1.165) is 38.5 Å². The molecule has 1 saturated heterocycles. The van der Waals surface area contributed by atoms with Gasteiger partial charge >= 0.3 is 0 Å². The summed E-state index contributed by atoms with van der Waals surface area (Å²) in [5, 5.41) is 54.2. The van der Waals surface area contributed by atoms with Crippen molar-refractivity contribution in [1.29, 1.82) is 0 Å². The lowest BCUT2D eigenvalue weighted by atomic mass is 9.99. The van der Waals surface area contributed by atoms with E-state index in [2.05, 4.69) is 31.3 Å². The summed E-state index contributed by atoms with van der Waals surface area (Å²) in [7, 11) is 0. The van der Waals surface area contributed by atoms with Crippen molar-refractivity contribution in [3.63, 3.8) is 0 Å². The average Bonchev–Trinajstić information content (AvgIpc) is 3.21. The number of rotatable bonds is 40. The van der Waals surface area contributed by atoms with Crippen LogP contribution in [0.1, 0.15) is 219 Å². The SMILES string of the molecule is CCCCCCCC/C=C\CCCCCCCCCCCCCC(=O)NC(CO[C@@H]1O[C@H](CO)[C@H](O)[C@H](O)[C@H]1O)C(O)/C=C\CCCCCCCCCCCCC. The van der Waals surface area contributed by atoms with Crippen LogP contribution in [0.2, 0.25) is 0 Å². The van der Waals surface area contributed by atoms with Gasteiger partial charge in [-0.2, -0.15) is 0 Å². The van der Waals surface area contributed by atoms with E-state index in [9.17, 15) is 30.3 Å². The van der Waals surface area contributed by atoms with Crippen molar-refractivity contribution in [2.75, 3.05) is 13.2 Å². The molecule has 9 nitrogen and oxygen atoms in total. The van der Waals surface area contributed by atoms with Crippen LogP contribution in [0.3, 0.4) is 0 Å². The van der Waals surface area contributed by atoms with Crippen LogP contribution in [0.5, 0.6) is 0 Å². The number of aliphatic hydroxyl groups is 5. The molecule has 2 unspecified atom stereocenters. The zero-order valence-electron chi connectivity index (χ0n) is 36.9. The van der Waals surface area contributed by atoms with E-state index in [1.807, 2.05) is 6.08 Å². The van der Waals surface area contributed by atoms with Gasteiger partial charge in [-0.05, 0) is 44.9 Å². The fraction of sp³-hybridized carbons (Fsp3) is 0.896. The molecule has 0 aromatic rings. The second kappa shape index (κ2) is 38.8. The van der Waals surface area contributed by atoms with Crippen molar-refractivity contribution in [3.8, 4) is 0 Å². The molecule has 0 aromatic carbocycles. The van der Waals surface area contributed by atoms with Crippen molar-refractivity contribution in [3.05, 3.63) is 24.3 Å². The highest BCUT2D eigenvalue weighted by Gasteiger charge is 2.44. The van der Waals surface area contributed by atoms with Gasteiger partial charge in [0, 0.05) is 6.42 Å². The van der Waals surface area contributed by atoms with E-state index in [1.54, 1.807) is 6.08 Å². The smallest absolute Gasteiger partial charge is 0.220 e.